The third-order valence-electron chi connectivity index (χ3n) is 8.04. The number of aryl methyl sites for hydroxylation is 1. The van der Waals surface area contributed by atoms with E-state index in [1.54, 1.807) is 0 Å². The quantitative estimate of drug-likeness (QED) is 0.351. The Morgan fingerprint density at radius 3 is 2.63 bits per heavy atom. The van der Waals surface area contributed by atoms with Gasteiger partial charge in [-0.3, -0.25) is 19.8 Å². The lowest BCUT2D eigenvalue weighted by atomic mass is 9.93. The molecule has 5 aromatic rings. The largest absolute Gasteiger partial charge is 0.395 e. The second-order valence-electron chi connectivity index (χ2n) is 9.87. The molecule has 0 bridgehead atoms. The molecule has 1 fully saturated rings. The van der Waals surface area contributed by atoms with Gasteiger partial charge in [0.15, 0.2) is 0 Å². The molecule has 4 heterocycles. The molecule has 7 rings (SSSR count). The molecule has 3 aromatic carbocycles. The first-order valence-corrected chi connectivity index (χ1v) is 12.2. The molecule has 7 heteroatoms. The molecule has 3 N–H and O–H groups in total. The van der Waals surface area contributed by atoms with Gasteiger partial charge in [-0.05, 0) is 37.4 Å². The Morgan fingerprint density at radius 1 is 1.00 bits per heavy atom. The molecule has 2 aromatic heterocycles. The molecule has 1 saturated heterocycles. The van der Waals surface area contributed by atoms with Crippen molar-refractivity contribution < 1.29 is 14.7 Å². The second-order valence-corrected chi connectivity index (χ2v) is 9.87. The van der Waals surface area contributed by atoms with Crippen molar-refractivity contribution >= 4 is 55.3 Å². The highest BCUT2D eigenvalue weighted by molar-refractivity contribution is 6.39. The van der Waals surface area contributed by atoms with Gasteiger partial charge in [-0.25, -0.2) is 0 Å². The third kappa shape index (κ3) is 2.79. The molecule has 1 atom stereocenters. The standard InChI is InChI=1S/C28H26N4O3/c1-31-12-9-16-7-8-19-21(26(16)31)23-22(27(34)30-28(23)35)20-18-6-2-4-15(24(18)29-25(19)20)10-13-32-11-3-5-17(32)14-33/h2,4,6-9,12,17,29,33H,3,5,10-11,13-14H2,1H3,(H,30,34,35)/t17-/m0/s1. The number of amides is 2. The summed E-state index contributed by atoms with van der Waals surface area (Å²) < 4.78 is 2.02. The highest BCUT2D eigenvalue weighted by Crippen LogP contribution is 2.42. The van der Waals surface area contributed by atoms with Crippen molar-refractivity contribution in [2.45, 2.75) is 25.3 Å². The van der Waals surface area contributed by atoms with E-state index in [-0.39, 0.29) is 24.5 Å². The highest BCUT2D eigenvalue weighted by Gasteiger charge is 2.34. The van der Waals surface area contributed by atoms with E-state index in [0.29, 0.717) is 11.1 Å². The fraction of sp³-hybridized carbons (Fsp3) is 0.286. The van der Waals surface area contributed by atoms with Gasteiger partial charge in [0, 0.05) is 58.3 Å². The van der Waals surface area contributed by atoms with Crippen LogP contribution in [0.3, 0.4) is 0 Å². The number of imide groups is 1. The lowest BCUT2D eigenvalue weighted by Gasteiger charge is -2.22. The topological polar surface area (TPSA) is 90.4 Å². The Labute approximate surface area is 201 Å². The summed E-state index contributed by atoms with van der Waals surface area (Å²) in [6.07, 6.45) is 4.99. The maximum absolute atomic E-state index is 13.1. The van der Waals surface area contributed by atoms with Crippen LogP contribution in [0.2, 0.25) is 0 Å². The predicted molar refractivity (Wildman–Crippen MR) is 137 cm³/mol. The van der Waals surface area contributed by atoms with Gasteiger partial charge in [0.25, 0.3) is 11.8 Å². The first-order chi connectivity index (χ1) is 17.1. The molecule has 2 aliphatic heterocycles. The summed E-state index contributed by atoms with van der Waals surface area (Å²) in [7, 11) is 1.97. The lowest BCUT2D eigenvalue weighted by Crippen LogP contribution is -2.33. The highest BCUT2D eigenvalue weighted by atomic mass is 16.3. The van der Waals surface area contributed by atoms with Crippen LogP contribution in [0.5, 0.6) is 0 Å². The van der Waals surface area contributed by atoms with E-state index in [4.69, 9.17) is 0 Å². The van der Waals surface area contributed by atoms with E-state index in [0.717, 1.165) is 75.8 Å². The number of aliphatic hydroxyl groups is 1. The minimum Gasteiger partial charge on any atom is -0.395 e. The Balaban J connectivity index is 1.51. The van der Waals surface area contributed by atoms with Gasteiger partial charge in [-0.1, -0.05) is 30.3 Å². The Kier molecular flexibility index (Phi) is 4.38. The van der Waals surface area contributed by atoms with Crippen molar-refractivity contribution in [2.75, 3.05) is 19.7 Å². The van der Waals surface area contributed by atoms with Gasteiger partial charge in [0.1, 0.15) is 0 Å². The van der Waals surface area contributed by atoms with Gasteiger partial charge < -0.3 is 14.7 Å². The zero-order valence-electron chi connectivity index (χ0n) is 19.5. The average Bonchev–Trinajstić information content (AvgIpc) is 3.62. The number of nitrogens with one attached hydrogen (secondary N) is 2. The maximum atomic E-state index is 13.1. The van der Waals surface area contributed by atoms with Crippen LogP contribution in [-0.2, 0) is 13.5 Å². The Hall–Kier alpha value is -3.68. The van der Waals surface area contributed by atoms with Crippen LogP contribution in [-0.4, -0.2) is 57.1 Å². The number of carbonyl (C=O) groups is 2. The Bertz CT molecular complexity index is 1710. The van der Waals surface area contributed by atoms with E-state index in [1.807, 2.05) is 36.0 Å². The van der Waals surface area contributed by atoms with Crippen LogP contribution in [0, 0.1) is 0 Å². The van der Waals surface area contributed by atoms with Gasteiger partial charge in [-0.2, -0.15) is 0 Å². The summed E-state index contributed by atoms with van der Waals surface area (Å²) in [6.45, 7) is 2.09. The molecule has 2 aliphatic rings. The minimum atomic E-state index is -0.336. The van der Waals surface area contributed by atoms with Gasteiger partial charge in [0.2, 0.25) is 0 Å². The number of aromatic amines is 1. The number of carbonyl (C=O) groups excluding carboxylic acids is 2. The van der Waals surface area contributed by atoms with Gasteiger partial charge >= 0.3 is 0 Å². The maximum Gasteiger partial charge on any atom is 0.259 e. The Morgan fingerprint density at radius 2 is 1.80 bits per heavy atom. The molecule has 0 radical (unpaired) electrons. The van der Waals surface area contributed by atoms with Crippen LogP contribution in [0.1, 0.15) is 39.1 Å². The predicted octanol–water partition coefficient (Wildman–Crippen LogP) is 3.85. The number of aromatic nitrogens is 2. The number of likely N-dealkylation sites (tertiary alicyclic amines) is 1. The second kappa shape index (κ2) is 7.41. The van der Waals surface area contributed by atoms with Gasteiger partial charge in [0.05, 0.1) is 28.8 Å². The fourth-order valence-electron chi connectivity index (χ4n) is 6.39. The molecule has 35 heavy (non-hydrogen) atoms. The smallest absolute Gasteiger partial charge is 0.259 e. The SMILES string of the molecule is Cn1ccc2ccc3c4[nH]c5c(CCN6CCC[C@H]6CO)cccc5c4c4c(c3c21)C(=O)NC4=O. The molecule has 0 unspecified atom stereocenters. The average molecular weight is 467 g/mol. The van der Waals surface area contributed by atoms with Crippen LogP contribution in [0.15, 0.2) is 42.6 Å². The van der Waals surface area contributed by atoms with E-state index >= 15 is 0 Å². The number of hydrogen-bond acceptors (Lipinski definition) is 4. The van der Waals surface area contributed by atoms with Crippen LogP contribution >= 0.6 is 0 Å². The molecule has 176 valence electrons. The third-order valence-corrected chi connectivity index (χ3v) is 8.04. The fourth-order valence-corrected chi connectivity index (χ4v) is 6.39. The number of rotatable bonds is 4. The summed E-state index contributed by atoms with van der Waals surface area (Å²) in [5.41, 5.74) is 4.97. The van der Waals surface area contributed by atoms with Crippen molar-refractivity contribution in [1.82, 2.24) is 19.8 Å². The van der Waals surface area contributed by atoms with Crippen LogP contribution in [0.25, 0.3) is 43.5 Å². The molecule has 0 spiro atoms. The van der Waals surface area contributed by atoms with E-state index in [1.165, 1.54) is 5.56 Å². The summed E-state index contributed by atoms with van der Waals surface area (Å²) in [5, 5.41) is 16.8. The van der Waals surface area contributed by atoms with E-state index in [9.17, 15) is 14.7 Å². The number of fused-ring (bicyclic) bond motifs is 10. The van der Waals surface area contributed by atoms with Crippen molar-refractivity contribution in [3.8, 4) is 0 Å². The van der Waals surface area contributed by atoms with Crippen molar-refractivity contribution in [2.24, 2.45) is 7.05 Å². The lowest BCUT2D eigenvalue weighted by molar-refractivity contribution is 0.0880. The zero-order chi connectivity index (χ0) is 23.8. The minimum absolute atomic E-state index is 0.200. The summed E-state index contributed by atoms with van der Waals surface area (Å²) >= 11 is 0. The number of hydrogen-bond donors (Lipinski definition) is 3. The first kappa shape index (κ1) is 20.7. The van der Waals surface area contributed by atoms with Crippen LogP contribution in [0.4, 0.5) is 0 Å². The number of H-pyrrole nitrogens is 1. The monoisotopic (exact) mass is 466 g/mol. The van der Waals surface area contributed by atoms with Crippen molar-refractivity contribution in [3.63, 3.8) is 0 Å². The molecular formula is C28H26N4O3. The van der Waals surface area contributed by atoms with Gasteiger partial charge in [-0.15, -0.1) is 0 Å². The normalized spacial score (nSPS) is 18.5. The van der Waals surface area contributed by atoms with Crippen molar-refractivity contribution in [1.29, 1.82) is 0 Å². The molecule has 7 nitrogen and oxygen atoms in total. The number of nitrogens with zero attached hydrogens (tertiary/aromatic N) is 2. The summed E-state index contributed by atoms with van der Waals surface area (Å²) in [6, 6.07) is 12.6. The molecular weight excluding hydrogens is 440 g/mol. The molecule has 0 saturated carbocycles. The summed E-state index contributed by atoms with van der Waals surface area (Å²) in [5.74, 6) is -0.669. The number of benzene rings is 3. The van der Waals surface area contributed by atoms with Crippen LogP contribution < -0.4 is 5.32 Å². The first-order valence-electron chi connectivity index (χ1n) is 12.2. The zero-order valence-corrected chi connectivity index (χ0v) is 19.5. The van der Waals surface area contributed by atoms with E-state index in [2.05, 4.69) is 33.4 Å². The van der Waals surface area contributed by atoms with Crippen molar-refractivity contribution in [3.05, 3.63) is 59.3 Å². The van der Waals surface area contributed by atoms with E-state index < -0.39 is 0 Å². The number of para-hydroxylation sites is 1. The molecule has 0 aliphatic carbocycles. The molecule has 2 amide bonds. The summed E-state index contributed by atoms with van der Waals surface area (Å²) in [4.78, 5) is 32.2. The number of aliphatic hydroxyl groups excluding tert-OH is 1.